The number of aryl methyl sites for hydroxylation is 1. The Morgan fingerprint density at radius 1 is 0.962 bits per heavy atom. The molecule has 0 saturated heterocycles. The van der Waals surface area contributed by atoms with Crippen LogP contribution in [0.4, 0.5) is 0 Å². The van der Waals surface area contributed by atoms with Gasteiger partial charge in [-0.1, -0.05) is 24.3 Å². The lowest BCUT2D eigenvalue weighted by molar-refractivity contribution is -0.123. The average Bonchev–Trinajstić information content (AvgIpc) is 2.65. The largest absolute Gasteiger partial charge is 0.490 e. The summed E-state index contributed by atoms with van der Waals surface area (Å²) in [6, 6.07) is 14.1. The van der Waals surface area contributed by atoms with Crippen LogP contribution < -0.4 is 20.3 Å². The molecule has 0 saturated carbocycles. The highest BCUT2D eigenvalue weighted by Gasteiger charge is 2.13. The van der Waals surface area contributed by atoms with Crippen LogP contribution in [0.5, 0.6) is 11.5 Å². The molecule has 138 valence electrons. The highest BCUT2D eigenvalue weighted by molar-refractivity contribution is 5.97. The molecular weight excluding hydrogens is 336 g/mol. The van der Waals surface area contributed by atoms with Crippen LogP contribution in [0.1, 0.15) is 15.9 Å². The minimum atomic E-state index is -0.484. The molecule has 0 heterocycles. The van der Waals surface area contributed by atoms with Crippen LogP contribution in [0, 0.1) is 6.92 Å². The standard InChI is InChI=1S/C19H22N2O5/c1-14-6-5-7-15(12-14)26-13-18(22)20-21-19(23)16-8-3-4-9-17(16)25-11-10-24-2/h3-9,12H,10-11,13H2,1-2H3,(H,20,22)(H,21,23). The lowest BCUT2D eigenvalue weighted by atomic mass is 10.2. The first-order valence-electron chi connectivity index (χ1n) is 8.09. The van der Waals surface area contributed by atoms with Gasteiger partial charge in [0.1, 0.15) is 18.1 Å². The zero-order valence-corrected chi connectivity index (χ0v) is 14.8. The highest BCUT2D eigenvalue weighted by Crippen LogP contribution is 2.17. The van der Waals surface area contributed by atoms with E-state index in [-0.39, 0.29) is 6.61 Å². The molecule has 2 aromatic carbocycles. The van der Waals surface area contributed by atoms with E-state index in [1.807, 2.05) is 25.1 Å². The van der Waals surface area contributed by atoms with E-state index in [1.54, 1.807) is 37.4 Å². The molecule has 7 heteroatoms. The Morgan fingerprint density at radius 3 is 2.54 bits per heavy atom. The SMILES string of the molecule is COCCOc1ccccc1C(=O)NNC(=O)COc1cccc(C)c1. The van der Waals surface area contributed by atoms with E-state index in [0.717, 1.165) is 5.56 Å². The fourth-order valence-corrected chi connectivity index (χ4v) is 2.10. The Kier molecular flexibility index (Phi) is 7.45. The van der Waals surface area contributed by atoms with Crippen molar-refractivity contribution in [3.05, 3.63) is 59.7 Å². The molecule has 7 nitrogen and oxygen atoms in total. The predicted octanol–water partition coefficient (Wildman–Crippen LogP) is 1.86. The summed E-state index contributed by atoms with van der Waals surface area (Å²) in [5.41, 5.74) is 6.00. The molecule has 0 radical (unpaired) electrons. The van der Waals surface area contributed by atoms with Gasteiger partial charge in [-0.3, -0.25) is 20.4 Å². The van der Waals surface area contributed by atoms with Crippen LogP contribution in [-0.2, 0) is 9.53 Å². The molecule has 26 heavy (non-hydrogen) atoms. The monoisotopic (exact) mass is 358 g/mol. The minimum absolute atomic E-state index is 0.213. The quantitative estimate of drug-likeness (QED) is 0.556. The van der Waals surface area contributed by atoms with Gasteiger partial charge < -0.3 is 14.2 Å². The molecule has 2 N–H and O–H groups in total. The van der Waals surface area contributed by atoms with Gasteiger partial charge in [0, 0.05) is 7.11 Å². The second kappa shape index (κ2) is 10.0. The number of para-hydroxylation sites is 1. The van der Waals surface area contributed by atoms with Crippen molar-refractivity contribution >= 4 is 11.8 Å². The van der Waals surface area contributed by atoms with Gasteiger partial charge >= 0.3 is 0 Å². The third-order valence-corrected chi connectivity index (χ3v) is 3.35. The lowest BCUT2D eigenvalue weighted by Crippen LogP contribution is -2.43. The normalized spacial score (nSPS) is 10.1. The third kappa shape index (κ3) is 6.10. The van der Waals surface area contributed by atoms with Crippen molar-refractivity contribution in [3.8, 4) is 11.5 Å². The summed E-state index contributed by atoms with van der Waals surface area (Å²) in [5.74, 6) is 0.0373. The minimum Gasteiger partial charge on any atom is -0.490 e. The van der Waals surface area contributed by atoms with Crippen molar-refractivity contribution in [2.75, 3.05) is 26.9 Å². The Labute approximate surface area is 152 Å². The Morgan fingerprint density at radius 2 is 1.77 bits per heavy atom. The number of carbonyl (C=O) groups is 2. The van der Waals surface area contributed by atoms with Crippen molar-refractivity contribution in [1.82, 2.24) is 10.9 Å². The summed E-state index contributed by atoms with van der Waals surface area (Å²) in [7, 11) is 1.57. The van der Waals surface area contributed by atoms with Gasteiger partial charge in [-0.05, 0) is 36.8 Å². The summed E-state index contributed by atoms with van der Waals surface area (Å²) < 4.78 is 15.8. The van der Waals surface area contributed by atoms with Gasteiger partial charge in [-0.25, -0.2) is 0 Å². The van der Waals surface area contributed by atoms with Crippen molar-refractivity contribution < 1.29 is 23.8 Å². The predicted molar refractivity (Wildman–Crippen MR) is 96.1 cm³/mol. The number of rotatable bonds is 8. The Hall–Kier alpha value is -3.06. The van der Waals surface area contributed by atoms with E-state index in [0.29, 0.717) is 30.3 Å². The van der Waals surface area contributed by atoms with Gasteiger partial charge in [0.25, 0.3) is 11.8 Å². The molecule has 0 atom stereocenters. The summed E-state index contributed by atoms with van der Waals surface area (Å²) in [4.78, 5) is 24.1. The topological polar surface area (TPSA) is 85.9 Å². The first-order valence-corrected chi connectivity index (χ1v) is 8.09. The van der Waals surface area contributed by atoms with Gasteiger partial charge in [-0.2, -0.15) is 0 Å². The first-order chi connectivity index (χ1) is 12.6. The smallest absolute Gasteiger partial charge is 0.276 e. The van der Waals surface area contributed by atoms with Gasteiger partial charge in [0.05, 0.1) is 12.2 Å². The molecule has 0 fully saturated rings. The number of nitrogens with one attached hydrogen (secondary N) is 2. The molecule has 0 bridgehead atoms. The summed E-state index contributed by atoms with van der Waals surface area (Å²) in [5, 5.41) is 0. The maximum Gasteiger partial charge on any atom is 0.276 e. The number of hydrogen-bond donors (Lipinski definition) is 2. The Balaban J connectivity index is 1.83. The maximum atomic E-state index is 12.2. The van der Waals surface area contributed by atoms with Crippen LogP contribution in [0.3, 0.4) is 0 Å². The van der Waals surface area contributed by atoms with Crippen molar-refractivity contribution in [3.63, 3.8) is 0 Å². The van der Waals surface area contributed by atoms with E-state index in [9.17, 15) is 9.59 Å². The van der Waals surface area contributed by atoms with E-state index in [1.165, 1.54) is 0 Å². The number of carbonyl (C=O) groups excluding carboxylic acids is 2. The van der Waals surface area contributed by atoms with Crippen LogP contribution in [0.25, 0.3) is 0 Å². The molecular formula is C19H22N2O5. The molecule has 0 unspecified atom stereocenters. The highest BCUT2D eigenvalue weighted by atomic mass is 16.5. The Bertz CT molecular complexity index is 748. The molecule has 0 spiro atoms. The van der Waals surface area contributed by atoms with Gasteiger partial charge in [0.2, 0.25) is 0 Å². The van der Waals surface area contributed by atoms with Gasteiger partial charge in [-0.15, -0.1) is 0 Å². The molecule has 0 aliphatic carbocycles. The summed E-state index contributed by atoms with van der Waals surface area (Å²) in [6.45, 7) is 2.44. The second-order valence-corrected chi connectivity index (χ2v) is 5.44. The van der Waals surface area contributed by atoms with Gasteiger partial charge in [0.15, 0.2) is 6.61 Å². The molecule has 0 aliphatic heterocycles. The van der Waals surface area contributed by atoms with Crippen molar-refractivity contribution in [2.45, 2.75) is 6.92 Å². The zero-order valence-electron chi connectivity index (χ0n) is 14.8. The molecule has 2 rings (SSSR count). The number of amides is 2. The molecule has 0 aromatic heterocycles. The van der Waals surface area contributed by atoms with Crippen LogP contribution in [0.15, 0.2) is 48.5 Å². The van der Waals surface area contributed by atoms with Crippen LogP contribution in [-0.4, -0.2) is 38.7 Å². The fourth-order valence-electron chi connectivity index (χ4n) is 2.10. The van der Waals surface area contributed by atoms with Crippen LogP contribution in [0.2, 0.25) is 0 Å². The van der Waals surface area contributed by atoms with E-state index in [2.05, 4.69) is 10.9 Å². The van der Waals surface area contributed by atoms with E-state index >= 15 is 0 Å². The first kappa shape index (κ1) is 19.3. The molecule has 0 aliphatic rings. The molecule has 2 aromatic rings. The van der Waals surface area contributed by atoms with Crippen molar-refractivity contribution in [2.24, 2.45) is 0 Å². The third-order valence-electron chi connectivity index (χ3n) is 3.35. The van der Waals surface area contributed by atoms with E-state index < -0.39 is 11.8 Å². The number of ether oxygens (including phenoxy) is 3. The summed E-state index contributed by atoms with van der Waals surface area (Å²) in [6.07, 6.45) is 0. The fraction of sp³-hybridized carbons (Fsp3) is 0.263. The number of hydrazine groups is 1. The van der Waals surface area contributed by atoms with Crippen LogP contribution >= 0.6 is 0 Å². The van der Waals surface area contributed by atoms with E-state index in [4.69, 9.17) is 14.2 Å². The number of methoxy groups -OCH3 is 1. The molecule has 2 amide bonds. The maximum absolute atomic E-state index is 12.2. The summed E-state index contributed by atoms with van der Waals surface area (Å²) >= 11 is 0. The lowest BCUT2D eigenvalue weighted by Gasteiger charge is -2.12. The average molecular weight is 358 g/mol. The second-order valence-electron chi connectivity index (χ2n) is 5.44. The zero-order chi connectivity index (χ0) is 18.8. The number of hydrogen-bond acceptors (Lipinski definition) is 5. The number of benzene rings is 2. The van der Waals surface area contributed by atoms with Crippen molar-refractivity contribution in [1.29, 1.82) is 0 Å².